The number of halogens is 1. The van der Waals surface area contributed by atoms with Gasteiger partial charge in [-0.1, -0.05) is 39.3 Å². The van der Waals surface area contributed by atoms with Gasteiger partial charge in [0.25, 0.3) is 0 Å². The molecule has 2 aromatic carbocycles. The Labute approximate surface area is 218 Å². The first-order valence-electron chi connectivity index (χ1n) is 12.2. The number of aromatic hydroxyl groups is 1. The van der Waals surface area contributed by atoms with Crippen LogP contribution in [0.25, 0.3) is 10.9 Å². The number of aromatic amines is 1. The first-order chi connectivity index (χ1) is 17.6. The summed E-state index contributed by atoms with van der Waals surface area (Å²) in [5.74, 6) is 0.0574. The van der Waals surface area contributed by atoms with E-state index in [1.54, 1.807) is 0 Å². The van der Waals surface area contributed by atoms with Crippen molar-refractivity contribution in [1.82, 2.24) is 14.8 Å². The van der Waals surface area contributed by atoms with Crippen molar-refractivity contribution in [2.45, 2.75) is 0 Å². The van der Waals surface area contributed by atoms with E-state index in [0.717, 1.165) is 65.9 Å². The number of piperazine rings is 1. The van der Waals surface area contributed by atoms with Crippen molar-refractivity contribution < 1.29 is 19.8 Å². The van der Waals surface area contributed by atoms with Gasteiger partial charge in [-0.05, 0) is 24.3 Å². The van der Waals surface area contributed by atoms with Gasteiger partial charge in [0.2, 0.25) is 0 Å². The molecule has 2 aliphatic heterocycles. The molecule has 0 bridgehead atoms. The lowest BCUT2D eigenvalue weighted by Crippen LogP contribution is -2.48. The van der Waals surface area contributed by atoms with Crippen molar-refractivity contribution in [1.29, 1.82) is 0 Å². The molecule has 0 spiro atoms. The maximum atomic E-state index is 10.7. The molecule has 10 heteroatoms. The SMILES string of the molecule is OCCOCCN1CCN(CCON=C2C(c3c(O)[nH]c4ccc(Br)cc34)=Nc3ccccc32)CC1. The van der Waals surface area contributed by atoms with Crippen molar-refractivity contribution in [3.8, 4) is 5.88 Å². The predicted molar refractivity (Wildman–Crippen MR) is 144 cm³/mol. The fraction of sp³-hybridized carbons (Fsp3) is 0.385. The third-order valence-corrected chi connectivity index (χ3v) is 6.99. The quantitative estimate of drug-likeness (QED) is 0.262. The number of nitrogens with one attached hydrogen (secondary N) is 1. The molecule has 3 N–H and O–H groups in total. The molecule has 0 aliphatic carbocycles. The van der Waals surface area contributed by atoms with Crippen molar-refractivity contribution in [2.75, 3.05) is 65.7 Å². The number of ether oxygens (including phenoxy) is 1. The predicted octanol–water partition coefficient (Wildman–Crippen LogP) is 3.12. The summed E-state index contributed by atoms with van der Waals surface area (Å²) >= 11 is 3.53. The maximum absolute atomic E-state index is 10.7. The van der Waals surface area contributed by atoms with Crippen molar-refractivity contribution >= 4 is 43.9 Å². The molecule has 0 unspecified atom stereocenters. The highest BCUT2D eigenvalue weighted by Crippen LogP contribution is 2.36. The van der Waals surface area contributed by atoms with Crippen LogP contribution in [0, 0.1) is 0 Å². The first kappa shape index (κ1) is 24.9. The normalized spacial score (nSPS) is 17.6. The Morgan fingerprint density at radius 1 is 1.00 bits per heavy atom. The summed E-state index contributed by atoms with van der Waals surface area (Å²) in [4.78, 5) is 18.4. The van der Waals surface area contributed by atoms with E-state index in [-0.39, 0.29) is 12.5 Å². The number of nitrogens with zero attached hydrogens (tertiary/aromatic N) is 4. The average Bonchev–Trinajstić information content (AvgIpc) is 3.41. The zero-order chi connectivity index (χ0) is 24.9. The maximum Gasteiger partial charge on any atom is 0.199 e. The zero-order valence-corrected chi connectivity index (χ0v) is 21.6. The summed E-state index contributed by atoms with van der Waals surface area (Å²) in [5.41, 5.74) is 4.34. The van der Waals surface area contributed by atoms with Crippen LogP contribution >= 0.6 is 15.9 Å². The molecule has 3 aromatic rings. The number of fused-ring (bicyclic) bond motifs is 2. The van der Waals surface area contributed by atoms with E-state index in [1.165, 1.54) is 0 Å². The van der Waals surface area contributed by atoms with Crippen LogP contribution in [0.15, 0.2) is 57.1 Å². The Kier molecular flexibility index (Phi) is 7.98. The van der Waals surface area contributed by atoms with Crippen LogP contribution in [0.5, 0.6) is 5.88 Å². The average molecular weight is 556 g/mol. The molecule has 1 aromatic heterocycles. The molecule has 3 heterocycles. The second-order valence-electron chi connectivity index (χ2n) is 8.81. The van der Waals surface area contributed by atoms with Gasteiger partial charge in [-0.2, -0.15) is 0 Å². The second kappa shape index (κ2) is 11.5. The Morgan fingerprint density at radius 3 is 2.53 bits per heavy atom. The van der Waals surface area contributed by atoms with Gasteiger partial charge in [-0.3, -0.25) is 9.80 Å². The Bertz CT molecular complexity index is 1270. The molecule has 1 saturated heterocycles. The number of benzene rings is 2. The van der Waals surface area contributed by atoms with Crippen LogP contribution < -0.4 is 0 Å². The summed E-state index contributed by atoms with van der Waals surface area (Å²) in [5, 5.41) is 24.9. The number of aromatic nitrogens is 1. The van der Waals surface area contributed by atoms with Crippen LogP contribution in [-0.2, 0) is 9.57 Å². The molecule has 9 nitrogen and oxygen atoms in total. The first-order valence-corrected chi connectivity index (χ1v) is 13.0. The van der Waals surface area contributed by atoms with E-state index >= 15 is 0 Å². The summed E-state index contributed by atoms with van der Waals surface area (Å²) < 4.78 is 6.28. The third-order valence-electron chi connectivity index (χ3n) is 6.50. The summed E-state index contributed by atoms with van der Waals surface area (Å²) in [7, 11) is 0. The topological polar surface area (TPSA) is 106 Å². The number of rotatable bonds is 10. The number of hydrogen-bond donors (Lipinski definition) is 3. The lowest BCUT2D eigenvalue weighted by atomic mass is 10.0. The van der Waals surface area contributed by atoms with Crippen molar-refractivity contribution in [3.63, 3.8) is 0 Å². The van der Waals surface area contributed by atoms with Crippen LogP contribution in [0.2, 0.25) is 0 Å². The van der Waals surface area contributed by atoms with Gasteiger partial charge in [0.05, 0.1) is 31.1 Å². The molecular formula is C26H30BrN5O4. The molecule has 0 radical (unpaired) electrons. The van der Waals surface area contributed by atoms with Gasteiger partial charge in [0, 0.05) is 60.2 Å². The van der Waals surface area contributed by atoms with Crippen LogP contribution in [0.1, 0.15) is 11.1 Å². The summed E-state index contributed by atoms with van der Waals surface area (Å²) in [6.45, 7) is 7.14. The standard InChI is InChI=1S/C26H30BrN5O4/c27-18-5-6-22-20(17-18)23(26(34)29-22)25-24(19-3-1-2-4-21(19)28-25)30-36-15-12-32-9-7-31(8-10-32)11-14-35-16-13-33/h1-6,17,29,33-34H,7-16H2. The number of aliphatic imine (C=N–C) groups is 1. The van der Waals surface area contributed by atoms with Gasteiger partial charge >= 0.3 is 0 Å². The number of H-pyrrole nitrogens is 1. The molecule has 1 fully saturated rings. The number of aliphatic hydroxyl groups is 1. The van der Waals surface area contributed by atoms with E-state index < -0.39 is 0 Å². The fourth-order valence-electron chi connectivity index (χ4n) is 4.61. The van der Waals surface area contributed by atoms with E-state index in [1.807, 2.05) is 42.5 Å². The minimum atomic E-state index is 0.0574. The highest BCUT2D eigenvalue weighted by atomic mass is 79.9. The second-order valence-corrected chi connectivity index (χ2v) is 9.72. The smallest absolute Gasteiger partial charge is 0.199 e. The molecule has 5 rings (SSSR count). The van der Waals surface area contributed by atoms with E-state index in [4.69, 9.17) is 19.7 Å². The zero-order valence-electron chi connectivity index (χ0n) is 20.0. The number of hydrogen-bond acceptors (Lipinski definition) is 8. The minimum Gasteiger partial charge on any atom is -0.494 e. The Morgan fingerprint density at radius 2 is 1.75 bits per heavy atom. The number of aliphatic hydroxyl groups excluding tert-OH is 1. The molecule has 0 saturated carbocycles. The third kappa shape index (κ3) is 5.47. The molecule has 0 amide bonds. The molecular weight excluding hydrogens is 526 g/mol. The Hall–Kier alpha value is -2.76. The van der Waals surface area contributed by atoms with Crippen molar-refractivity contribution in [2.24, 2.45) is 10.1 Å². The fourth-order valence-corrected chi connectivity index (χ4v) is 4.97. The van der Waals surface area contributed by atoms with Gasteiger partial charge < -0.3 is 24.8 Å². The van der Waals surface area contributed by atoms with Crippen LogP contribution in [0.3, 0.4) is 0 Å². The van der Waals surface area contributed by atoms with E-state index in [9.17, 15) is 5.11 Å². The van der Waals surface area contributed by atoms with E-state index in [2.05, 4.69) is 35.9 Å². The summed E-state index contributed by atoms with van der Waals surface area (Å²) in [6, 6.07) is 13.6. The Balaban J connectivity index is 1.24. The minimum absolute atomic E-state index is 0.0574. The van der Waals surface area contributed by atoms with E-state index in [0.29, 0.717) is 36.8 Å². The largest absolute Gasteiger partial charge is 0.494 e. The number of para-hydroxylation sites is 1. The highest BCUT2D eigenvalue weighted by Gasteiger charge is 2.29. The highest BCUT2D eigenvalue weighted by molar-refractivity contribution is 9.10. The lowest BCUT2D eigenvalue weighted by Gasteiger charge is -2.34. The van der Waals surface area contributed by atoms with Crippen LogP contribution in [0.4, 0.5) is 5.69 Å². The van der Waals surface area contributed by atoms with Crippen molar-refractivity contribution in [3.05, 3.63) is 58.1 Å². The van der Waals surface area contributed by atoms with Gasteiger partial charge in [-0.25, -0.2) is 4.99 Å². The molecule has 2 aliphatic rings. The molecule has 0 atom stereocenters. The van der Waals surface area contributed by atoms with Gasteiger partial charge in [-0.15, -0.1) is 0 Å². The molecule has 190 valence electrons. The summed E-state index contributed by atoms with van der Waals surface area (Å²) in [6.07, 6.45) is 0. The van der Waals surface area contributed by atoms with Gasteiger partial charge in [0.15, 0.2) is 5.88 Å². The lowest BCUT2D eigenvalue weighted by molar-refractivity contribution is 0.0483. The molecule has 36 heavy (non-hydrogen) atoms. The van der Waals surface area contributed by atoms with Crippen LogP contribution in [-0.4, -0.2) is 102 Å². The number of oxime groups is 1. The monoisotopic (exact) mass is 555 g/mol. The van der Waals surface area contributed by atoms with Gasteiger partial charge in [0.1, 0.15) is 18.0 Å².